The van der Waals surface area contributed by atoms with Gasteiger partial charge in [0.05, 0.1) is 22.9 Å². The second kappa shape index (κ2) is 5.49. The van der Waals surface area contributed by atoms with E-state index < -0.39 is 0 Å². The molecule has 1 amide bonds. The van der Waals surface area contributed by atoms with E-state index in [9.17, 15) is 4.79 Å². The van der Waals surface area contributed by atoms with Gasteiger partial charge in [-0.15, -0.1) is 0 Å². The Bertz CT molecular complexity index is 1050. The molecule has 2 heterocycles. The van der Waals surface area contributed by atoms with Gasteiger partial charge in [0.2, 0.25) is 5.91 Å². The zero-order chi connectivity index (χ0) is 16.7. The third-order valence-corrected chi connectivity index (χ3v) is 4.29. The predicted octanol–water partition coefficient (Wildman–Crippen LogP) is 3.55. The minimum Gasteiger partial charge on any atom is -0.326 e. The first-order valence-electron chi connectivity index (χ1n) is 7.80. The number of rotatable bonds is 3. The molecule has 0 aliphatic carbocycles. The highest BCUT2D eigenvalue weighted by Crippen LogP contribution is 2.31. The Balaban J connectivity index is 1.77. The number of anilines is 1. The van der Waals surface area contributed by atoms with Crippen LogP contribution < -0.4 is 5.32 Å². The lowest BCUT2D eigenvalue weighted by Gasteiger charge is -2.10. The molecule has 120 valence electrons. The van der Waals surface area contributed by atoms with Gasteiger partial charge < -0.3 is 5.32 Å². The fourth-order valence-corrected chi connectivity index (χ4v) is 3.03. The summed E-state index contributed by atoms with van der Waals surface area (Å²) in [5.74, 6) is 0.0310. The third kappa shape index (κ3) is 2.42. The SMILES string of the molecule is CC(=O)Nc1ccc2[nH]nc(C(C)c3ccc4[nH]ncc4c3)c2c1. The van der Waals surface area contributed by atoms with Crippen molar-refractivity contribution >= 4 is 33.4 Å². The van der Waals surface area contributed by atoms with Crippen LogP contribution in [0.25, 0.3) is 21.8 Å². The molecule has 0 aliphatic heterocycles. The van der Waals surface area contributed by atoms with E-state index in [-0.39, 0.29) is 11.8 Å². The Morgan fingerprint density at radius 1 is 1.12 bits per heavy atom. The van der Waals surface area contributed by atoms with Gasteiger partial charge in [0.15, 0.2) is 0 Å². The molecule has 6 heteroatoms. The van der Waals surface area contributed by atoms with Crippen LogP contribution in [0.5, 0.6) is 0 Å². The quantitative estimate of drug-likeness (QED) is 0.540. The Labute approximate surface area is 138 Å². The van der Waals surface area contributed by atoms with Gasteiger partial charge >= 0.3 is 0 Å². The van der Waals surface area contributed by atoms with E-state index in [0.29, 0.717) is 0 Å². The lowest BCUT2D eigenvalue weighted by Crippen LogP contribution is -2.05. The summed E-state index contributed by atoms with van der Waals surface area (Å²) in [6, 6.07) is 12.0. The van der Waals surface area contributed by atoms with Crippen LogP contribution in [0.4, 0.5) is 5.69 Å². The summed E-state index contributed by atoms with van der Waals surface area (Å²) in [6.07, 6.45) is 1.82. The zero-order valence-electron chi connectivity index (χ0n) is 13.4. The summed E-state index contributed by atoms with van der Waals surface area (Å²) in [7, 11) is 0. The molecule has 0 aliphatic rings. The van der Waals surface area contributed by atoms with E-state index in [2.05, 4.69) is 44.8 Å². The Morgan fingerprint density at radius 3 is 2.79 bits per heavy atom. The van der Waals surface area contributed by atoms with Crippen molar-refractivity contribution in [2.75, 3.05) is 5.32 Å². The van der Waals surface area contributed by atoms with E-state index >= 15 is 0 Å². The van der Waals surface area contributed by atoms with E-state index in [1.54, 1.807) is 0 Å². The lowest BCUT2D eigenvalue weighted by atomic mass is 9.94. The van der Waals surface area contributed by atoms with E-state index in [1.807, 2.05) is 30.5 Å². The molecule has 0 saturated carbocycles. The summed E-state index contributed by atoms with van der Waals surface area (Å²) in [5, 5.41) is 19.5. The number of carbonyl (C=O) groups is 1. The molecule has 6 nitrogen and oxygen atoms in total. The summed E-state index contributed by atoms with van der Waals surface area (Å²) in [6.45, 7) is 3.63. The van der Waals surface area contributed by atoms with Crippen molar-refractivity contribution in [1.29, 1.82) is 0 Å². The van der Waals surface area contributed by atoms with Crippen LogP contribution in [0.15, 0.2) is 42.6 Å². The van der Waals surface area contributed by atoms with Crippen LogP contribution in [-0.2, 0) is 4.79 Å². The normalized spacial score (nSPS) is 12.6. The van der Waals surface area contributed by atoms with Gasteiger partial charge in [-0.2, -0.15) is 10.2 Å². The zero-order valence-corrected chi connectivity index (χ0v) is 13.4. The summed E-state index contributed by atoms with van der Waals surface area (Å²) in [5.41, 5.74) is 4.87. The average molecular weight is 319 g/mol. The molecular formula is C18H17N5O. The van der Waals surface area contributed by atoms with Crippen molar-refractivity contribution in [3.05, 3.63) is 53.9 Å². The van der Waals surface area contributed by atoms with E-state index in [4.69, 9.17) is 0 Å². The molecule has 0 fully saturated rings. The number of benzene rings is 2. The minimum atomic E-state index is -0.0853. The molecule has 2 aromatic heterocycles. The number of aromatic amines is 2. The van der Waals surface area contributed by atoms with Crippen LogP contribution in [0, 0.1) is 0 Å². The van der Waals surface area contributed by atoms with Crippen molar-refractivity contribution in [3.63, 3.8) is 0 Å². The highest BCUT2D eigenvalue weighted by molar-refractivity contribution is 5.93. The molecule has 0 saturated heterocycles. The maximum atomic E-state index is 11.3. The molecule has 1 atom stereocenters. The topological polar surface area (TPSA) is 86.5 Å². The molecule has 24 heavy (non-hydrogen) atoms. The number of H-pyrrole nitrogens is 2. The third-order valence-electron chi connectivity index (χ3n) is 4.29. The second-order valence-corrected chi connectivity index (χ2v) is 5.99. The molecule has 0 bridgehead atoms. The maximum absolute atomic E-state index is 11.3. The monoisotopic (exact) mass is 319 g/mol. The highest BCUT2D eigenvalue weighted by Gasteiger charge is 2.16. The summed E-state index contributed by atoms with van der Waals surface area (Å²) in [4.78, 5) is 11.3. The fraction of sp³-hybridized carbons (Fsp3) is 0.167. The fourth-order valence-electron chi connectivity index (χ4n) is 3.03. The number of nitrogens with zero attached hydrogens (tertiary/aromatic N) is 2. The molecule has 0 spiro atoms. The van der Waals surface area contributed by atoms with Gasteiger partial charge in [0, 0.05) is 29.3 Å². The number of nitrogens with one attached hydrogen (secondary N) is 3. The molecule has 3 N–H and O–H groups in total. The van der Waals surface area contributed by atoms with Gasteiger partial charge in [0.1, 0.15) is 0 Å². The smallest absolute Gasteiger partial charge is 0.221 e. The van der Waals surface area contributed by atoms with Crippen LogP contribution in [0.2, 0.25) is 0 Å². The first-order valence-corrected chi connectivity index (χ1v) is 7.80. The van der Waals surface area contributed by atoms with Crippen LogP contribution in [0.1, 0.15) is 31.0 Å². The van der Waals surface area contributed by atoms with Crippen LogP contribution in [-0.4, -0.2) is 26.3 Å². The minimum absolute atomic E-state index is 0.0853. The maximum Gasteiger partial charge on any atom is 0.221 e. The van der Waals surface area contributed by atoms with Crippen molar-refractivity contribution in [1.82, 2.24) is 20.4 Å². The first kappa shape index (κ1) is 14.4. The van der Waals surface area contributed by atoms with Crippen molar-refractivity contribution in [3.8, 4) is 0 Å². The Kier molecular flexibility index (Phi) is 3.30. The van der Waals surface area contributed by atoms with Crippen LogP contribution >= 0.6 is 0 Å². The molecule has 0 radical (unpaired) electrons. The number of fused-ring (bicyclic) bond motifs is 2. The predicted molar refractivity (Wildman–Crippen MR) is 94.0 cm³/mol. The van der Waals surface area contributed by atoms with Crippen molar-refractivity contribution in [2.45, 2.75) is 19.8 Å². The highest BCUT2D eigenvalue weighted by atomic mass is 16.1. The molecule has 1 unspecified atom stereocenters. The van der Waals surface area contributed by atoms with Crippen molar-refractivity contribution < 1.29 is 4.79 Å². The van der Waals surface area contributed by atoms with Gasteiger partial charge in [-0.05, 0) is 35.9 Å². The molecule has 4 aromatic rings. The number of amides is 1. The molecular weight excluding hydrogens is 302 g/mol. The Hall–Kier alpha value is -3.15. The molecule has 4 rings (SSSR count). The van der Waals surface area contributed by atoms with Gasteiger partial charge in [-0.1, -0.05) is 13.0 Å². The summed E-state index contributed by atoms with van der Waals surface area (Å²) >= 11 is 0. The molecule has 2 aromatic carbocycles. The second-order valence-electron chi connectivity index (χ2n) is 5.99. The lowest BCUT2D eigenvalue weighted by molar-refractivity contribution is -0.114. The van der Waals surface area contributed by atoms with E-state index in [1.165, 1.54) is 12.5 Å². The van der Waals surface area contributed by atoms with Crippen molar-refractivity contribution in [2.24, 2.45) is 0 Å². The first-order chi connectivity index (χ1) is 11.6. The summed E-state index contributed by atoms with van der Waals surface area (Å²) < 4.78 is 0. The largest absolute Gasteiger partial charge is 0.326 e. The average Bonchev–Trinajstić information content (AvgIpc) is 3.19. The standard InChI is InChI=1S/C18H17N5O/c1-10(12-3-5-16-13(7-12)9-19-21-16)18-15-8-14(20-11(2)24)4-6-17(15)22-23-18/h3-10H,1-2H3,(H,19,21)(H,20,24)(H,22,23). The number of hydrogen-bond donors (Lipinski definition) is 3. The number of aromatic nitrogens is 4. The van der Waals surface area contributed by atoms with E-state index in [0.717, 1.165) is 33.2 Å². The number of hydrogen-bond acceptors (Lipinski definition) is 3. The number of carbonyl (C=O) groups excluding carboxylic acids is 1. The van der Waals surface area contributed by atoms with Gasteiger partial charge in [-0.25, -0.2) is 0 Å². The van der Waals surface area contributed by atoms with Gasteiger partial charge in [0.25, 0.3) is 0 Å². The van der Waals surface area contributed by atoms with Gasteiger partial charge in [-0.3, -0.25) is 15.0 Å². The Morgan fingerprint density at radius 2 is 1.96 bits per heavy atom. The van der Waals surface area contributed by atoms with Crippen LogP contribution in [0.3, 0.4) is 0 Å².